The third kappa shape index (κ3) is 2.99. The number of nitrogens with two attached hydrogens (primary N) is 1. The van der Waals surface area contributed by atoms with Crippen molar-refractivity contribution in [2.45, 2.75) is 12.6 Å². The summed E-state index contributed by atoms with van der Waals surface area (Å²) >= 11 is 0. The van der Waals surface area contributed by atoms with E-state index in [1.165, 1.54) is 0 Å². The number of nitrogens with one attached hydrogen (secondary N) is 1. The molecule has 0 aliphatic carbocycles. The highest BCUT2D eigenvalue weighted by molar-refractivity contribution is 5.46. The quantitative estimate of drug-likeness (QED) is 0.531. The number of hydrogen-bond acceptors (Lipinski definition) is 4. The van der Waals surface area contributed by atoms with E-state index in [-0.39, 0.29) is 19.3 Å². The second-order valence-corrected chi connectivity index (χ2v) is 3.11. The molecule has 0 radical (unpaired) electrons. The highest BCUT2D eigenvalue weighted by Gasteiger charge is 2.04. The van der Waals surface area contributed by atoms with Crippen LogP contribution in [-0.4, -0.2) is 29.5 Å². The van der Waals surface area contributed by atoms with Crippen molar-refractivity contribution in [3.05, 3.63) is 29.8 Å². The van der Waals surface area contributed by atoms with E-state index in [4.69, 9.17) is 15.9 Å². The molecule has 1 aromatic rings. The van der Waals surface area contributed by atoms with Gasteiger partial charge >= 0.3 is 0 Å². The highest BCUT2D eigenvalue weighted by Crippen LogP contribution is 2.11. The minimum absolute atomic E-state index is 0.0939. The van der Waals surface area contributed by atoms with Gasteiger partial charge in [0.1, 0.15) is 0 Å². The van der Waals surface area contributed by atoms with Crippen LogP contribution in [0.4, 0.5) is 5.69 Å². The lowest BCUT2D eigenvalue weighted by Crippen LogP contribution is -2.27. The summed E-state index contributed by atoms with van der Waals surface area (Å²) in [5.74, 6) is 0. The topological polar surface area (TPSA) is 78.5 Å². The molecule has 0 saturated carbocycles. The summed E-state index contributed by atoms with van der Waals surface area (Å²) in [6.07, 6.45) is 0. The Hall–Kier alpha value is -1.10. The third-order valence-electron chi connectivity index (χ3n) is 1.97. The molecule has 4 nitrogen and oxygen atoms in total. The van der Waals surface area contributed by atoms with Gasteiger partial charge in [-0.25, -0.2) is 0 Å². The maximum Gasteiger partial charge on any atom is 0.0723 e. The van der Waals surface area contributed by atoms with Gasteiger partial charge < -0.3 is 21.3 Å². The molecule has 0 fully saturated rings. The average Bonchev–Trinajstić information content (AvgIpc) is 2.26. The Morgan fingerprint density at radius 2 is 2.00 bits per heavy atom. The second-order valence-electron chi connectivity index (χ2n) is 3.11. The van der Waals surface area contributed by atoms with Gasteiger partial charge in [-0.2, -0.15) is 0 Å². The largest absolute Gasteiger partial charge is 0.394 e. The first kappa shape index (κ1) is 11.0. The molecule has 0 spiro atoms. The van der Waals surface area contributed by atoms with Gasteiger partial charge in [0.2, 0.25) is 0 Å². The molecule has 78 valence electrons. The highest BCUT2D eigenvalue weighted by atomic mass is 16.3. The molecule has 0 heterocycles. The Morgan fingerprint density at radius 3 is 2.57 bits per heavy atom. The number of benzene rings is 1. The third-order valence-corrected chi connectivity index (χ3v) is 1.97. The number of aliphatic hydroxyl groups excluding tert-OH is 2. The number of hydrogen-bond donors (Lipinski definition) is 4. The number of aliphatic hydroxyl groups is 2. The van der Waals surface area contributed by atoms with Gasteiger partial charge in [-0.3, -0.25) is 0 Å². The Bertz CT molecular complexity index is 275. The molecule has 0 bridgehead atoms. The summed E-state index contributed by atoms with van der Waals surface area (Å²) in [6, 6.07) is 7.27. The first-order valence-corrected chi connectivity index (χ1v) is 4.57. The second kappa shape index (κ2) is 5.59. The van der Waals surface area contributed by atoms with E-state index in [1.54, 1.807) is 0 Å². The molecule has 1 rings (SSSR count). The number of anilines is 1. The minimum Gasteiger partial charge on any atom is -0.394 e. The van der Waals surface area contributed by atoms with Crippen molar-refractivity contribution in [3.8, 4) is 0 Å². The van der Waals surface area contributed by atoms with Crippen LogP contribution in [0.15, 0.2) is 24.3 Å². The molecule has 0 saturated heterocycles. The molecule has 4 heteroatoms. The maximum absolute atomic E-state index is 8.87. The molecule has 0 aromatic heterocycles. The van der Waals surface area contributed by atoms with Crippen molar-refractivity contribution in [1.82, 2.24) is 0 Å². The lowest BCUT2D eigenvalue weighted by Gasteiger charge is -2.15. The summed E-state index contributed by atoms with van der Waals surface area (Å²) in [4.78, 5) is 0. The zero-order valence-corrected chi connectivity index (χ0v) is 7.98. The maximum atomic E-state index is 8.87. The summed E-state index contributed by atoms with van der Waals surface area (Å²) in [6.45, 7) is 0.297. The van der Waals surface area contributed by atoms with E-state index in [0.29, 0.717) is 6.54 Å². The molecular formula is C10H16N2O2. The SMILES string of the molecule is NCc1cccc(NC(CO)CO)c1. The van der Waals surface area contributed by atoms with Gasteiger partial charge in [-0.15, -0.1) is 0 Å². The lowest BCUT2D eigenvalue weighted by atomic mass is 10.2. The van der Waals surface area contributed by atoms with Crippen LogP contribution in [-0.2, 0) is 6.54 Å². The Balaban J connectivity index is 2.65. The molecule has 0 amide bonds. The van der Waals surface area contributed by atoms with E-state index in [1.807, 2.05) is 24.3 Å². The molecule has 1 aromatic carbocycles. The van der Waals surface area contributed by atoms with Crippen LogP contribution in [0.1, 0.15) is 5.56 Å². The van der Waals surface area contributed by atoms with Gasteiger partial charge in [0.15, 0.2) is 0 Å². The fraction of sp³-hybridized carbons (Fsp3) is 0.400. The molecule has 0 unspecified atom stereocenters. The fourth-order valence-electron chi connectivity index (χ4n) is 1.17. The van der Waals surface area contributed by atoms with E-state index in [2.05, 4.69) is 5.32 Å². The van der Waals surface area contributed by atoms with Crippen molar-refractivity contribution < 1.29 is 10.2 Å². The number of rotatable bonds is 5. The zero-order valence-electron chi connectivity index (χ0n) is 7.98. The zero-order chi connectivity index (χ0) is 10.4. The molecule has 0 aliphatic rings. The van der Waals surface area contributed by atoms with Crippen molar-refractivity contribution in [2.75, 3.05) is 18.5 Å². The Labute approximate surface area is 83.4 Å². The monoisotopic (exact) mass is 196 g/mol. The Morgan fingerprint density at radius 1 is 1.29 bits per heavy atom. The van der Waals surface area contributed by atoms with Crippen LogP contribution < -0.4 is 11.1 Å². The molecule has 0 aliphatic heterocycles. The molecule has 5 N–H and O–H groups in total. The fourth-order valence-corrected chi connectivity index (χ4v) is 1.17. The van der Waals surface area contributed by atoms with Crippen molar-refractivity contribution in [2.24, 2.45) is 5.73 Å². The predicted octanol–water partition coefficient (Wildman–Crippen LogP) is -0.0896. The Kier molecular flexibility index (Phi) is 4.39. The van der Waals surface area contributed by atoms with Crippen LogP contribution >= 0.6 is 0 Å². The van der Waals surface area contributed by atoms with Crippen LogP contribution in [0.3, 0.4) is 0 Å². The average molecular weight is 196 g/mol. The van der Waals surface area contributed by atoms with Gasteiger partial charge in [0.25, 0.3) is 0 Å². The van der Waals surface area contributed by atoms with Crippen LogP contribution in [0.5, 0.6) is 0 Å². The van der Waals surface area contributed by atoms with E-state index < -0.39 is 0 Å². The minimum atomic E-state index is -0.317. The van der Waals surface area contributed by atoms with Gasteiger partial charge in [0.05, 0.1) is 19.3 Å². The summed E-state index contributed by atoms with van der Waals surface area (Å²) in [7, 11) is 0. The van der Waals surface area contributed by atoms with Gasteiger partial charge in [-0.1, -0.05) is 12.1 Å². The van der Waals surface area contributed by atoms with Gasteiger partial charge in [0, 0.05) is 12.2 Å². The standard InChI is InChI=1S/C10H16N2O2/c11-5-8-2-1-3-9(4-8)12-10(6-13)7-14/h1-4,10,12-14H,5-7,11H2. The summed E-state index contributed by atoms with van der Waals surface area (Å²) < 4.78 is 0. The van der Waals surface area contributed by atoms with E-state index in [0.717, 1.165) is 11.3 Å². The first-order chi connectivity index (χ1) is 6.80. The summed E-state index contributed by atoms with van der Waals surface area (Å²) in [5, 5.41) is 20.7. The van der Waals surface area contributed by atoms with E-state index >= 15 is 0 Å². The van der Waals surface area contributed by atoms with Gasteiger partial charge in [-0.05, 0) is 17.7 Å². The van der Waals surface area contributed by atoms with Crippen molar-refractivity contribution in [1.29, 1.82) is 0 Å². The van der Waals surface area contributed by atoms with Crippen LogP contribution in [0.2, 0.25) is 0 Å². The predicted molar refractivity (Wildman–Crippen MR) is 55.9 cm³/mol. The molecule has 14 heavy (non-hydrogen) atoms. The van der Waals surface area contributed by atoms with Crippen LogP contribution in [0, 0.1) is 0 Å². The van der Waals surface area contributed by atoms with Crippen molar-refractivity contribution >= 4 is 5.69 Å². The van der Waals surface area contributed by atoms with Crippen LogP contribution in [0.25, 0.3) is 0 Å². The summed E-state index contributed by atoms with van der Waals surface area (Å²) in [5.41, 5.74) is 7.37. The lowest BCUT2D eigenvalue weighted by molar-refractivity contribution is 0.204. The van der Waals surface area contributed by atoms with Crippen molar-refractivity contribution in [3.63, 3.8) is 0 Å². The smallest absolute Gasteiger partial charge is 0.0723 e. The van der Waals surface area contributed by atoms with E-state index in [9.17, 15) is 0 Å². The first-order valence-electron chi connectivity index (χ1n) is 4.57. The normalized spacial score (nSPS) is 10.6. The molecule has 0 atom stereocenters. The molecular weight excluding hydrogens is 180 g/mol.